The molecule has 2 N–H and O–H groups in total. The van der Waals surface area contributed by atoms with Crippen molar-refractivity contribution in [3.05, 3.63) is 0 Å². The van der Waals surface area contributed by atoms with E-state index in [2.05, 4.69) is 9.80 Å². The van der Waals surface area contributed by atoms with Crippen LogP contribution in [0.1, 0.15) is 32.1 Å². The Hall–Kier alpha value is -0.120. The first kappa shape index (κ1) is 11.0. The van der Waals surface area contributed by atoms with Crippen LogP contribution in [0.15, 0.2) is 0 Å². The minimum atomic E-state index is 0.216. The van der Waals surface area contributed by atoms with Crippen LogP contribution < -0.4 is 5.73 Å². The summed E-state index contributed by atoms with van der Waals surface area (Å²) < 4.78 is 0. The molecule has 3 heteroatoms. The fraction of sp³-hybridized carbons (Fsp3) is 1.00. The summed E-state index contributed by atoms with van der Waals surface area (Å²) in [6.07, 6.45) is 6.94. The third-order valence-electron chi connectivity index (χ3n) is 4.57. The molecule has 0 aromatic heterocycles. The van der Waals surface area contributed by atoms with E-state index in [-0.39, 0.29) is 5.54 Å². The van der Waals surface area contributed by atoms with Crippen LogP contribution in [0, 0.1) is 5.92 Å². The second-order valence-corrected chi connectivity index (χ2v) is 6.12. The van der Waals surface area contributed by atoms with Crippen LogP contribution in [-0.2, 0) is 0 Å². The van der Waals surface area contributed by atoms with Crippen molar-refractivity contribution in [2.75, 3.05) is 39.3 Å². The maximum atomic E-state index is 6.34. The Bertz CT molecular complexity index is 238. The van der Waals surface area contributed by atoms with E-state index in [1.807, 2.05) is 0 Å². The van der Waals surface area contributed by atoms with Crippen molar-refractivity contribution in [3.63, 3.8) is 0 Å². The molecule has 3 aliphatic rings. The van der Waals surface area contributed by atoms with Gasteiger partial charge in [0.15, 0.2) is 0 Å². The predicted molar refractivity (Wildman–Crippen MR) is 66.4 cm³/mol. The van der Waals surface area contributed by atoms with Crippen LogP contribution in [0.4, 0.5) is 0 Å². The first-order valence-electron chi connectivity index (χ1n) is 7.00. The van der Waals surface area contributed by atoms with Crippen molar-refractivity contribution in [2.24, 2.45) is 11.7 Å². The smallest absolute Gasteiger partial charge is 0.0440 e. The zero-order valence-corrected chi connectivity index (χ0v) is 10.3. The summed E-state index contributed by atoms with van der Waals surface area (Å²) in [6, 6.07) is 0. The molecule has 92 valence electrons. The van der Waals surface area contributed by atoms with Crippen molar-refractivity contribution in [3.8, 4) is 0 Å². The maximum Gasteiger partial charge on any atom is 0.0440 e. The van der Waals surface area contributed by atoms with E-state index in [1.165, 1.54) is 58.3 Å². The van der Waals surface area contributed by atoms with E-state index in [9.17, 15) is 0 Å². The summed E-state index contributed by atoms with van der Waals surface area (Å²) in [7, 11) is 0. The number of nitrogens with two attached hydrogens (primary N) is 1. The third-order valence-corrected chi connectivity index (χ3v) is 4.57. The van der Waals surface area contributed by atoms with Crippen LogP contribution in [0.3, 0.4) is 0 Å². The van der Waals surface area contributed by atoms with Gasteiger partial charge in [0.05, 0.1) is 0 Å². The Balaban J connectivity index is 1.29. The van der Waals surface area contributed by atoms with Gasteiger partial charge in [0.25, 0.3) is 0 Å². The highest BCUT2D eigenvalue weighted by molar-refractivity contribution is 5.08. The SMILES string of the molecule is NC1(C2CC2)CN(CCCN2CCCC2)C1. The van der Waals surface area contributed by atoms with Gasteiger partial charge < -0.3 is 10.6 Å². The zero-order valence-electron chi connectivity index (χ0n) is 10.3. The van der Waals surface area contributed by atoms with Crippen LogP contribution in [0.25, 0.3) is 0 Å². The van der Waals surface area contributed by atoms with Gasteiger partial charge in [-0.1, -0.05) is 0 Å². The van der Waals surface area contributed by atoms with E-state index in [1.54, 1.807) is 0 Å². The highest BCUT2D eigenvalue weighted by atomic mass is 15.3. The summed E-state index contributed by atoms with van der Waals surface area (Å²) in [4.78, 5) is 5.16. The molecule has 1 aliphatic carbocycles. The monoisotopic (exact) mass is 223 g/mol. The van der Waals surface area contributed by atoms with E-state index in [0.29, 0.717) is 0 Å². The molecular formula is C13H25N3. The van der Waals surface area contributed by atoms with Crippen LogP contribution >= 0.6 is 0 Å². The Labute approximate surface area is 99.0 Å². The first-order chi connectivity index (χ1) is 7.76. The number of hydrogen-bond acceptors (Lipinski definition) is 3. The fourth-order valence-corrected chi connectivity index (χ4v) is 3.39. The molecule has 16 heavy (non-hydrogen) atoms. The highest BCUT2D eigenvalue weighted by Gasteiger charge is 2.49. The van der Waals surface area contributed by atoms with Crippen LogP contribution in [0.5, 0.6) is 0 Å². The molecule has 2 aliphatic heterocycles. The lowest BCUT2D eigenvalue weighted by Crippen LogP contribution is -2.68. The molecule has 1 saturated carbocycles. The quantitative estimate of drug-likeness (QED) is 0.751. The summed E-state index contributed by atoms with van der Waals surface area (Å²) >= 11 is 0. The molecule has 0 atom stereocenters. The lowest BCUT2D eigenvalue weighted by molar-refractivity contribution is 0.0517. The summed E-state index contributed by atoms with van der Waals surface area (Å²) in [5.41, 5.74) is 6.56. The molecule has 3 fully saturated rings. The molecule has 3 nitrogen and oxygen atoms in total. The van der Waals surface area contributed by atoms with Gasteiger partial charge in [-0.2, -0.15) is 0 Å². The Kier molecular flexibility index (Phi) is 2.94. The summed E-state index contributed by atoms with van der Waals surface area (Å²) in [5.74, 6) is 0.863. The van der Waals surface area contributed by atoms with Crippen molar-refractivity contribution in [1.82, 2.24) is 9.80 Å². The van der Waals surface area contributed by atoms with Gasteiger partial charge in [-0.05, 0) is 64.2 Å². The number of hydrogen-bond donors (Lipinski definition) is 1. The zero-order chi connectivity index (χ0) is 11.0. The Morgan fingerprint density at radius 1 is 1.00 bits per heavy atom. The number of nitrogens with zero attached hydrogens (tertiary/aromatic N) is 2. The maximum absolute atomic E-state index is 6.34. The topological polar surface area (TPSA) is 32.5 Å². The Morgan fingerprint density at radius 2 is 1.62 bits per heavy atom. The van der Waals surface area contributed by atoms with E-state index < -0.39 is 0 Å². The Morgan fingerprint density at radius 3 is 2.25 bits per heavy atom. The minimum Gasteiger partial charge on any atom is -0.323 e. The highest BCUT2D eigenvalue weighted by Crippen LogP contribution is 2.42. The average Bonchev–Trinajstić information content (AvgIpc) is 2.95. The average molecular weight is 223 g/mol. The minimum absolute atomic E-state index is 0.216. The molecule has 0 bridgehead atoms. The third kappa shape index (κ3) is 2.27. The van der Waals surface area contributed by atoms with Crippen molar-refractivity contribution in [1.29, 1.82) is 0 Å². The molecule has 2 heterocycles. The second-order valence-electron chi connectivity index (χ2n) is 6.12. The van der Waals surface area contributed by atoms with E-state index in [0.717, 1.165) is 19.0 Å². The van der Waals surface area contributed by atoms with Crippen molar-refractivity contribution in [2.45, 2.75) is 37.6 Å². The summed E-state index contributed by atoms with van der Waals surface area (Å²) in [6.45, 7) is 7.57. The molecular weight excluding hydrogens is 198 g/mol. The predicted octanol–water partition coefficient (Wildman–Crippen LogP) is 0.895. The van der Waals surface area contributed by atoms with Crippen molar-refractivity contribution >= 4 is 0 Å². The number of likely N-dealkylation sites (tertiary alicyclic amines) is 2. The van der Waals surface area contributed by atoms with E-state index >= 15 is 0 Å². The standard InChI is InChI=1S/C13H25N3/c14-13(12-4-5-12)10-16(11-13)9-3-8-15-6-1-2-7-15/h12H,1-11,14H2. The molecule has 0 radical (unpaired) electrons. The molecule has 0 amide bonds. The lowest BCUT2D eigenvalue weighted by atomic mass is 9.85. The summed E-state index contributed by atoms with van der Waals surface area (Å²) in [5, 5.41) is 0. The first-order valence-corrected chi connectivity index (χ1v) is 7.00. The molecule has 0 aromatic carbocycles. The van der Waals surface area contributed by atoms with Gasteiger partial charge in [0.1, 0.15) is 0 Å². The van der Waals surface area contributed by atoms with E-state index in [4.69, 9.17) is 5.73 Å². The van der Waals surface area contributed by atoms with Gasteiger partial charge in [0, 0.05) is 18.6 Å². The van der Waals surface area contributed by atoms with Gasteiger partial charge in [0.2, 0.25) is 0 Å². The normalized spacial score (nSPS) is 30.6. The molecule has 0 unspecified atom stereocenters. The van der Waals surface area contributed by atoms with Gasteiger partial charge in [-0.15, -0.1) is 0 Å². The van der Waals surface area contributed by atoms with Gasteiger partial charge >= 0.3 is 0 Å². The molecule has 2 saturated heterocycles. The van der Waals surface area contributed by atoms with Crippen LogP contribution in [0.2, 0.25) is 0 Å². The van der Waals surface area contributed by atoms with Gasteiger partial charge in [-0.3, -0.25) is 4.90 Å². The largest absolute Gasteiger partial charge is 0.323 e. The fourth-order valence-electron chi connectivity index (χ4n) is 3.39. The van der Waals surface area contributed by atoms with Gasteiger partial charge in [-0.25, -0.2) is 0 Å². The van der Waals surface area contributed by atoms with Crippen molar-refractivity contribution < 1.29 is 0 Å². The van der Waals surface area contributed by atoms with Crippen LogP contribution in [-0.4, -0.2) is 54.6 Å². The second kappa shape index (κ2) is 4.28. The number of rotatable bonds is 5. The molecule has 0 aromatic rings. The molecule has 3 rings (SSSR count). The molecule has 0 spiro atoms. The lowest BCUT2D eigenvalue weighted by Gasteiger charge is -2.48.